The number of rotatable bonds is 2. The minimum atomic E-state index is -0.151. The first-order valence-electron chi connectivity index (χ1n) is 7.10. The van der Waals surface area contributed by atoms with Crippen LogP contribution in [0.4, 0.5) is 0 Å². The van der Waals surface area contributed by atoms with E-state index in [9.17, 15) is 10.2 Å². The van der Waals surface area contributed by atoms with Crippen molar-refractivity contribution in [1.29, 1.82) is 0 Å². The van der Waals surface area contributed by atoms with Gasteiger partial charge in [0.2, 0.25) is 0 Å². The van der Waals surface area contributed by atoms with Crippen LogP contribution in [0.15, 0.2) is 48.5 Å². The average Bonchev–Trinajstić information content (AvgIpc) is 3.23. The topological polar surface area (TPSA) is 53.0 Å². The number of aromatic hydroxyl groups is 2. The van der Waals surface area contributed by atoms with Gasteiger partial charge in [0.1, 0.15) is 11.5 Å². The summed E-state index contributed by atoms with van der Waals surface area (Å²) in [6, 6.07) is 14.4. The maximum atomic E-state index is 9.30. The zero-order valence-corrected chi connectivity index (χ0v) is 12.7. The molecule has 21 heavy (non-hydrogen) atoms. The molecular weight excluding hydrogens is 264 g/mol. The van der Waals surface area contributed by atoms with E-state index in [-0.39, 0.29) is 16.9 Å². The second kappa shape index (κ2) is 6.19. The highest BCUT2D eigenvalue weighted by molar-refractivity contribution is 5.41. The number of phenols is 2. The third-order valence-electron chi connectivity index (χ3n) is 3.68. The smallest absolute Gasteiger partial charge is 0.115 e. The van der Waals surface area contributed by atoms with E-state index in [1.165, 1.54) is 0 Å². The number of hydrogen-bond acceptors (Lipinski definition) is 3. The molecule has 0 spiro atoms. The van der Waals surface area contributed by atoms with Gasteiger partial charge in [0.25, 0.3) is 0 Å². The summed E-state index contributed by atoms with van der Waals surface area (Å²) in [4.78, 5) is 0. The van der Waals surface area contributed by atoms with Crippen LogP contribution in [0.25, 0.3) is 0 Å². The zero-order chi connectivity index (χ0) is 15.5. The molecule has 1 atom stereocenters. The van der Waals surface area contributed by atoms with Gasteiger partial charge in [0.05, 0.1) is 12.7 Å². The van der Waals surface area contributed by atoms with Gasteiger partial charge < -0.3 is 14.9 Å². The summed E-state index contributed by atoms with van der Waals surface area (Å²) in [7, 11) is 0. The fourth-order valence-electron chi connectivity index (χ4n) is 2.02. The molecule has 1 saturated heterocycles. The molecule has 2 N–H and O–H groups in total. The second-order valence-electron chi connectivity index (χ2n) is 5.86. The van der Waals surface area contributed by atoms with Crippen LogP contribution in [0, 0.1) is 0 Å². The molecule has 2 aromatic rings. The van der Waals surface area contributed by atoms with Gasteiger partial charge in [-0.05, 0) is 42.3 Å². The Morgan fingerprint density at radius 3 is 1.38 bits per heavy atom. The summed E-state index contributed by atoms with van der Waals surface area (Å²) < 4.78 is 4.71. The lowest BCUT2D eigenvalue weighted by molar-refractivity contribution is 0.423. The van der Waals surface area contributed by atoms with Crippen molar-refractivity contribution >= 4 is 0 Å². The fraction of sp³-hybridized carbons (Fsp3) is 0.333. The van der Waals surface area contributed by atoms with Crippen LogP contribution in [0.1, 0.15) is 31.9 Å². The lowest BCUT2D eigenvalue weighted by Gasteiger charge is -2.26. The molecule has 112 valence electrons. The van der Waals surface area contributed by atoms with Gasteiger partial charge in [0.15, 0.2) is 0 Å². The fourth-order valence-corrected chi connectivity index (χ4v) is 2.02. The van der Waals surface area contributed by atoms with Gasteiger partial charge >= 0.3 is 0 Å². The molecule has 0 bridgehead atoms. The van der Waals surface area contributed by atoms with E-state index >= 15 is 0 Å². The molecule has 0 saturated carbocycles. The Morgan fingerprint density at radius 1 is 0.857 bits per heavy atom. The SMILES string of the molecule is CC(C)(c1ccc(O)cc1)c1ccc(O)cc1.CC1CO1. The van der Waals surface area contributed by atoms with Gasteiger partial charge in [-0.2, -0.15) is 0 Å². The number of benzene rings is 2. The Hall–Kier alpha value is -2.00. The molecule has 3 rings (SSSR count). The number of ether oxygens (including phenoxy) is 1. The summed E-state index contributed by atoms with van der Waals surface area (Å²) in [5, 5.41) is 18.6. The van der Waals surface area contributed by atoms with Crippen molar-refractivity contribution in [3.63, 3.8) is 0 Å². The summed E-state index contributed by atoms with van der Waals surface area (Å²) >= 11 is 0. The van der Waals surface area contributed by atoms with E-state index in [4.69, 9.17) is 4.74 Å². The quantitative estimate of drug-likeness (QED) is 0.825. The van der Waals surface area contributed by atoms with E-state index < -0.39 is 0 Å². The Kier molecular flexibility index (Phi) is 4.53. The summed E-state index contributed by atoms with van der Waals surface area (Å²) in [5.41, 5.74) is 2.10. The zero-order valence-electron chi connectivity index (χ0n) is 12.7. The average molecular weight is 286 g/mol. The van der Waals surface area contributed by atoms with Crippen molar-refractivity contribution in [3.8, 4) is 11.5 Å². The van der Waals surface area contributed by atoms with Crippen molar-refractivity contribution in [2.75, 3.05) is 6.61 Å². The van der Waals surface area contributed by atoms with Gasteiger partial charge in [-0.25, -0.2) is 0 Å². The van der Waals surface area contributed by atoms with Crippen LogP contribution in [0.2, 0.25) is 0 Å². The highest BCUT2D eigenvalue weighted by Gasteiger charge is 2.22. The van der Waals surface area contributed by atoms with Crippen LogP contribution in [-0.4, -0.2) is 22.9 Å². The Labute approximate surface area is 125 Å². The Morgan fingerprint density at radius 2 is 1.14 bits per heavy atom. The molecule has 1 unspecified atom stereocenters. The van der Waals surface area contributed by atoms with Crippen LogP contribution in [0.5, 0.6) is 11.5 Å². The molecule has 1 fully saturated rings. The molecule has 0 radical (unpaired) electrons. The third-order valence-corrected chi connectivity index (χ3v) is 3.68. The Balaban J connectivity index is 0.000000347. The second-order valence-corrected chi connectivity index (χ2v) is 5.86. The minimum Gasteiger partial charge on any atom is -0.508 e. The lowest BCUT2D eigenvalue weighted by atomic mass is 9.78. The monoisotopic (exact) mass is 286 g/mol. The number of hydrogen-bond donors (Lipinski definition) is 2. The lowest BCUT2D eigenvalue weighted by Crippen LogP contribution is -2.18. The molecular formula is C18H22O3. The maximum Gasteiger partial charge on any atom is 0.115 e. The summed E-state index contributed by atoms with van der Waals surface area (Å²) in [5.74, 6) is 0.547. The van der Waals surface area contributed by atoms with E-state index in [1.54, 1.807) is 24.3 Å². The van der Waals surface area contributed by atoms with Gasteiger partial charge in [0, 0.05) is 5.41 Å². The summed E-state index contributed by atoms with van der Waals surface area (Å²) in [6.45, 7) is 7.28. The van der Waals surface area contributed by atoms with Crippen molar-refractivity contribution in [3.05, 3.63) is 59.7 Å². The highest BCUT2D eigenvalue weighted by atomic mass is 16.6. The molecule has 0 aliphatic carbocycles. The minimum absolute atomic E-state index is 0.151. The molecule has 1 aliphatic rings. The van der Waals surface area contributed by atoms with Crippen LogP contribution in [-0.2, 0) is 10.2 Å². The van der Waals surface area contributed by atoms with Crippen LogP contribution < -0.4 is 0 Å². The van der Waals surface area contributed by atoms with E-state index in [2.05, 4.69) is 20.8 Å². The van der Waals surface area contributed by atoms with E-state index in [0.29, 0.717) is 6.10 Å². The predicted molar refractivity (Wildman–Crippen MR) is 83.8 cm³/mol. The molecule has 1 aliphatic heterocycles. The molecule has 0 aromatic heterocycles. The summed E-state index contributed by atoms with van der Waals surface area (Å²) in [6.07, 6.45) is 0.583. The first-order valence-corrected chi connectivity index (χ1v) is 7.10. The van der Waals surface area contributed by atoms with Gasteiger partial charge in [-0.1, -0.05) is 38.1 Å². The Bertz CT molecular complexity index is 519. The van der Waals surface area contributed by atoms with Crippen molar-refractivity contribution in [2.45, 2.75) is 32.3 Å². The maximum absolute atomic E-state index is 9.30. The highest BCUT2D eigenvalue weighted by Crippen LogP contribution is 2.32. The number of epoxide rings is 1. The van der Waals surface area contributed by atoms with E-state index in [1.807, 2.05) is 24.3 Å². The molecule has 3 heteroatoms. The molecule has 1 heterocycles. The van der Waals surface area contributed by atoms with Crippen LogP contribution in [0.3, 0.4) is 0 Å². The first kappa shape index (κ1) is 15.4. The largest absolute Gasteiger partial charge is 0.508 e. The van der Waals surface area contributed by atoms with Crippen molar-refractivity contribution < 1.29 is 14.9 Å². The standard InChI is InChI=1S/C15H16O2.C3H6O/c1-15(2,11-3-7-13(16)8-4-11)12-5-9-14(17)10-6-12;1-3-2-4-3/h3-10,16-17H,1-2H3;3H,2H2,1H3. The van der Waals surface area contributed by atoms with Crippen molar-refractivity contribution in [1.82, 2.24) is 0 Å². The first-order chi connectivity index (χ1) is 9.89. The van der Waals surface area contributed by atoms with Crippen molar-refractivity contribution in [2.24, 2.45) is 0 Å². The molecule has 0 amide bonds. The number of phenolic OH excluding ortho intramolecular Hbond substituents is 2. The molecule has 3 nitrogen and oxygen atoms in total. The normalized spacial score (nSPS) is 16.8. The van der Waals surface area contributed by atoms with Crippen LogP contribution >= 0.6 is 0 Å². The third kappa shape index (κ3) is 4.23. The molecule has 2 aromatic carbocycles. The van der Waals surface area contributed by atoms with Gasteiger partial charge in [-0.3, -0.25) is 0 Å². The van der Waals surface area contributed by atoms with E-state index in [0.717, 1.165) is 17.7 Å². The predicted octanol–water partition coefficient (Wildman–Crippen LogP) is 3.83. The van der Waals surface area contributed by atoms with Gasteiger partial charge in [-0.15, -0.1) is 0 Å².